The number of carbonyl (C=O) groups excluding carboxylic acids is 1. The fourth-order valence-corrected chi connectivity index (χ4v) is 3.12. The zero-order chi connectivity index (χ0) is 17.9. The number of methoxy groups -OCH3 is 1. The van der Waals surface area contributed by atoms with Crippen LogP contribution in [0.15, 0.2) is 54.6 Å². The highest BCUT2D eigenvalue weighted by molar-refractivity contribution is 5.92. The number of fused-ring (bicyclic) bond motifs is 1. The normalized spacial score (nSPS) is 18.3. The van der Waals surface area contributed by atoms with Gasteiger partial charge in [0.05, 0.1) is 13.2 Å². The van der Waals surface area contributed by atoms with Gasteiger partial charge in [-0.2, -0.15) is 0 Å². The second kappa shape index (κ2) is 7.01. The molecule has 0 bridgehead atoms. The van der Waals surface area contributed by atoms with Crippen LogP contribution in [0.3, 0.4) is 0 Å². The average Bonchev–Trinajstić information content (AvgIpc) is 2.59. The first-order valence-corrected chi connectivity index (χ1v) is 8.38. The Balaban J connectivity index is 1.76. The number of nitrogens with one attached hydrogen (secondary N) is 1. The van der Waals surface area contributed by atoms with Crippen LogP contribution in [-0.4, -0.2) is 18.6 Å². The summed E-state index contributed by atoms with van der Waals surface area (Å²) in [7, 11) is 1.62. The Bertz CT molecular complexity index is 795. The number of hydrogen-bond donors (Lipinski definition) is 1. The van der Waals surface area contributed by atoms with Crippen LogP contribution in [0.25, 0.3) is 6.08 Å². The Kier molecular flexibility index (Phi) is 4.79. The van der Waals surface area contributed by atoms with E-state index in [0.29, 0.717) is 0 Å². The lowest BCUT2D eigenvalue weighted by molar-refractivity contribution is -0.117. The van der Waals surface area contributed by atoms with Crippen LogP contribution in [0.2, 0.25) is 0 Å². The second-order valence-corrected chi connectivity index (χ2v) is 6.74. The number of hydrogen-bond acceptors (Lipinski definition) is 3. The number of rotatable bonds is 4. The molecule has 2 aromatic carbocycles. The van der Waals surface area contributed by atoms with Crippen molar-refractivity contribution in [1.29, 1.82) is 0 Å². The topological polar surface area (TPSA) is 47.6 Å². The SMILES string of the molecule is COc1ccccc1/C=C/C(=O)N[C@@H]1CC(C)(C)Oc2ccccc21. The number of para-hydroxylation sites is 2. The summed E-state index contributed by atoms with van der Waals surface area (Å²) in [6.07, 6.45) is 4.03. The molecule has 1 amide bonds. The highest BCUT2D eigenvalue weighted by Gasteiger charge is 2.33. The van der Waals surface area contributed by atoms with E-state index in [1.807, 2.05) is 62.4 Å². The molecule has 0 unspecified atom stereocenters. The maximum Gasteiger partial charge on any atom is 0.244 e. The van der Waals surface area contributed by atoms with E-state index in [-0.39, 0.29) is 17.6 Å². The smallest absolute Gasteiger partial charge is 0.244 e. The van der Waals surface area contributed by atoms with E-state index in [0.717, 1.165) is 29.0 Å². The Morgan fingerprint density at radius 1 is 1.20 bits per heavy atom. The average molecular weight is 337 g/mol. The molecule has 0 spiro atoms. The van der Waals surface area contributed by atoms with Crippen molar-refractivity contribution in [2.75, 3.05) is 7.11 Å². The van der Waals surface area contributed by atoms with Gasteiger partial charge in [0.1, 0.15) is 17.1 Å². The summed E-state index contributed by atoms with van der Waals surface area (Å²) in [6, 6.07) is 15.4. The van der Waals surface area contributed by atoms with Gasteiger partial charge in [0.15, 0.2) is 0 Å². The van der Waals surface area contributed by atoms with E-state index >= 15 is 0 Å². The lowest BCUT2D eigenvalue weighted by atomic mass is 9.89. The minimum absolute atomic E-state index is 0.0743. The minimum atomic E-state index is -0.321. The molecule has 0 fully saturated rings. The van der Waals surface area contributed by atoms with Gasteiger partial charge in [0, 0.05) is 23.6 Å². The molecule has 1 aliphatic rings. The van der Waals surface area contributed by atoms with Gasteiger partial charge in [0.25, 0.3) is 0 Å². The third-order valence-corrected chi connectivity index (χ3v) is 4.25. The number of benzene rings is 2. The van der Waals surface area contributed by atoms with Crippen LogP contribution in [0, 0.1) is 0 Å². The van der Waals surface area contributed by atoms with E-state index in [4.69, 9.17) is 9.47 Å². The molecule has 1 N–H and O–H groups in total. The lowest BCUT2D eigenvalue weighted by Gasteiger charge is -2.37. The van der Waals surface area contributed by atoms with Crippen molar-refractivity contribution in [2.45, 2.75) is 31.9 Å². The molecule has 0 saturated carbocycles. The summed E-state index contributed by atoms with van der Waals surface area (Å²) in [5, 5.41) is 3.09. The molecule has 1 atom stereocenters. The minimum Gasteiger partial charge on any atom is -0.496 e. The first-order chi connectivity index (χ1) is 12.0. The number of amides is 1. The van der Waals surface area contributed by atoms with Gasteiger partial charge in [-0.15, -0.1) is 0 Å². The summed E-state index contributed by atoms with van der Waals surface area (Å²) in [5.74, 6) is 1.44. The van der Waals surface area contributed by atoms with Crippen molar-refractivity contribution in [3.8, 4) is 11.5 Å². The van der Waals surface area contributed by atoms with Gasteiger partial charge in [-0.05, 0) is 32.1 Å². The lowest BCUT2D eigenvalue weighted by Crippen LogP contribution is -2.40. The monoisotopic (exact) mass is 337 g/mol. The summed E-state index contributed by atoms with van der Waals surface area (Å²) in [5.41, 5.74) is 1.56. The first-order valence-electron chi connectivity index (χ1n) is 8.38. The van der Waals surface area contributed by atoms with Crippen molar-refractivity contribution in [3.63, 3.8) is 0 Å². The molecule has 130 valence electrons. The van der Waals surface area contributed by atoms with Crippen LogP contribution in [0.4, 0.5) is 0 Å². The second-order valence-electron chi connectivity index (χ2n) is 6.74. The highest BCUT2D eigenvalue weighted by atomic mass is 16.5. The van der Waals surface area contributed by atoms with Gasteiger partial charge < -0.3 is 14.8 Å². The molecule has 3 rings (SSSR count). The largest absolute Gasteiger partial charge is 0.496 e. The highest BCUT2D eigenvalue weighted by Crippen LogP contribution is 2.39. The van der Waals surface area contributed by atoms with Crippen LogP contribution >= 0.6 is 0 Å². The van der Waals surface area contributed by atoms with Gasteiger partial charge in [-0.3, -0.25) is 4.79 Å². The van der Waals surface area contributed by atoms with Crippen LogP contribution in [0.1, 0.15) is 37.4 Å². The van der Waals surface area contributed by atoms with E-state index in [2.05, 4.69) is 5.32 Å². The molecule has 0 saturated heterocycles. The van der Waals surface area contributed by atoms with Crippen LogP contribution in [-0.2, 0) is 4.79 Å². The molecular weight excluding hydrogens is 314 g/mol. The third kappa shape index (κ3) is 4.02. The van der Waals surface area contributed by atoms with Crippen molar-refractivity contribution in [3.05, 3.63) is 65.7 Å². The molecular formula is C21H23NO3. The predicted molar refractivity (Wildman–Crippen MR) is 98.7 cm³/mol. The van der Waals surface area contributed by atoms with E-state index in [1.165, 1.54) is 0 Å². The quantitative estimate of drug-likeness (QED) is 0.854. The summed E-state index contributed by atoms with van der Waals surface area (Å²) >= 11 is 0. The Hall–Kier alpha value is -2.75. The van der Waals surface area contributed by atoms with Gasteiger partial charge in [0.2, 0.25) is 5.91 Å². The fraction of sp³-hybridized carbons (Fsp3) is 0.286. The van der Waals surface area contributed by atoms with Crippen molar-refractivity contribution in [2.24, 2.45) is 0 Å². The summed E-state index contributed by atoms with van der Waals surface area (Å²) in [4.78, 5) is 12.4. The fourth-order valence-electron chi connectivity index (χ4n) is 3.12. The summed E-state index contributed by atoms with van der Waals surface area (Å²) < 4.78 is 11.3. The number of ether oxygens (including phenoxy) is 2. The molecule has 2 aromatic rings. The zero-order valence-corrected chi connectivity index (χ0v) is 14.8. The van der Waals surface area contributed by atoms with Crippen LogP contribution < -0.4 is 14.8 Å². The molecule has 1 aliphatic heterocycles. The Labute approximate surface area is 148 Å². The molecule has 4 heteroatoms. The van der Waals surface area contributed by atoms with Crippen molar-refractivity contribution >= 4 is 12.0 Å². The van der Waals surface area contributed by atoms with Crippen molar-refractivity contribution in [1.82, 2.24) is 5.32 Å². The van der Waals surface area contributed by atoms with Gasteiger partial charge in [-0.25, -0.2) is 0 Å². The molecule has 0 radical (unpaired) electrons. The van der Waals surface area contributed by atoms with Crippen molar-refractivity contribution < 1.29 is 14.3 Å². The molecule has 0 aromatic heterocycles. The van der Waals surface area contributed by atoms with Gasteiger partial charge in [-0.1, -0.05) is 36.4 Å². The zero-order valence-electron chi connectivity index (χ0n) is 14.8. The molecule has 1 heterocycles. The third-order valence-electron chi connectivity index (χ3n) is 4.25. The maximum atomic E-state index is 12.4. The standard InChI is InChI=1S/C21H23NO3/c1-21(2)14-17(16-9-5-7-11-19(16)25-21)22-20(23)13-12-15-8-4-6-10-18(15)24-3/h4-13,17H,14H2,1-3H3,(H,22,23)/b13-12+/t17-/m1/s1. The Morgan fingerprint density at radius 2 is 1.92 bits per heavy atom. The summed E-state index contributed by atoms with van der Waals surface area (Å²) in [6.45, 7) is 4.07. The molecule has 0 aliphatic carbocycles. The van der Waals surface area contributed by atoms with E-state index in [9.17, 15) is 4.79 Å². The van der Waals surface area contributed by atoms with Gasteiger partial charge >= 0.3 is 0 Å². The molecule has 25 heavy (non-hydrogen) atoms. The molecule has 4 nitrogen and oxygen atoms in total. The number of carbonyl (C=O) groups is 1. The first kappa shape index (κ1) is 17.1. The Morgan fingerprint density at radius 3 is 2.72 bits per heavy atom. The van der Waals surface area contributed by atoms with E-state index in [1.54, 1.807) is 19.3 Å². The van der Waals surface area contributed by atoms with Crippen LogP contribution in [0.5, 0.6) is 11.5 Å². The predicted octanol–water partition coefficient (Wildman–Crippen LogP) is 4.13. The maximum absolute atomic E-state index is 12.4. The van der Waals surface area contributed by atoms with E-state index < -0.39 is 0 Å².